The number of rotatable bonds is 12. The average molecular weight is 460 g/mol. The molecule has 0 saturated carbocycles. The minimum absolute atomic E-state index is 0.137. The molecule has 2 aromatic heterocycles. The van der Waals surface area contributed by atoms with E-state index in [1.807, 2.05) is 48.7 Å². The molecule has 0 fully saturated rings. The van der Waals surface area contributed by atoms with Crippen LogP contribution in [0.5, 0.6) is 11.5 Å². The van der Waals surface area contributed by atoms with Gasteiger partial charge in [0.2, 0.25) is 5.82 Å². The zero-order chi connectivity index (χ0) is 22.9. The van der Waals surface area contributed by atoms with Gasteiger partial charge in [-0.05, 0) is 51.0 Å². The first-order valence-corrected chi connectivity index (χ1v) is 11.6. The Morgan fingerprint density at radius 1 is 1.06 bits per heavy atom. The quantitative estimate of drug-likeness (QED) is 0.211. The van der Waals surface area contributed by atoms with Crippen LogP contribution in [0.4, 0.5) is 0 Å². The number of hydrogen-bond acceptors (Lipinski definition) is 8. The van der Waals surface area contributed by atoms with Gasteiger partial charge in [0.1, 0.15) is 22.9 Å². The summed E-state index contributed by atoms with van der Waals surface area (Å²) >= 11 is 1.59. The van der Waals surface area contributed by atoms with Crippen LogP contribution in [0.1, 0.15) is 38.4 Å². The molecule has 0 saturated heterocycles. The van der Waals surface area contributed by atoms with Gasteiger partial charge in [0.25, 0.3) is 0 Å². The van der Waals surface area contributed by atoms with Crippen molar-refractivity contribution in [1.82, 2.24) is 14.8 Å². The zero-order valence-electron chi connectivity index (χ0n) is 18.9. The fourth-order valence-corrected chi connectivity index (χ4v) is 4.21. The van der Waals surface area contributed by atoms with E-state index < -0.39 is 0 Å². The van der Waals surface area contributed by atoms with Gasteiger partial charge in [-0.1, -0.05) is 24.2 Å². The number of carbonyl (C=O) groups excluding carboxylic acids is 1. The largest absolute Gasteiger partial charge is 0.494 e. The van der Waals surface area contributed by atoms with E-state index in [9.17, 15) is 4.79 Å². The third-order valence-corrected chi connectivity index (χ3v) is 5.80. The SMILES string of the molecule is CCOC(=O)CCCCCSc1nnc(-c2ccc(C)o2)n1-c1c(OC)cccc1OC. The fourth-order valence-electron chi connectivity index (χ4n) is 3.28. The van der Waals surface area contributed by atoms with Crippen LogP contribution in [-0.2, 0) is 9.53 Å². The third-order valence-electron chi connectivity index (χ3n) is 4.78. The predicted octanol–water partition coefficient (Wildman–Crippen LogP) is 5.07. The van der Waals surface area contributed by atoms with Crippen molar-refractivity contribution in [3.8, 4) is 28.8 Å². The van der Waals surface area contributed by atoms with Crippen molar-refractivity contribution in [2.45, 2.75) is 44.7 Å². The number of para-hydroxylation sites is 1. The van der Waals surface area contributed by atoms with Crippen LogP contribution < -0.4 is 9.47 Å². The molecule has 0 amide bonds. The first-order chi connectivity index (χ1) is 15.6. The molecule has 172 valence electrons. The number of benzene rings is 1. The molecule has 3 rings (SSSR count). The summed E-state index contributed by atoms with van der Waals surface area (Å²) in [5.74, 6) is 3.96. The van der Waals surface area contributed by atoms with Gasteiger partial charge in [-0.15, -0.1) is 10.2 Å². The summed E-state index contributed by atoms with van der Waals surface area (Å²) < 4.78 is 24.0. The summed E-state index contributed by atoms with van der Waals surface area (Å²) in [7, 11) is 3.24. The van der Waals surface area contributed by atoms with Crippen molar-refractivity contribution in [2.24, 2.45) is 0 Å². The van der Waals surface area contributed by atoms with Gasteiger partial charge in [-0.3, -0.25) is 9.36 Å². The highest BCUT2D eigenvalue weighted by atomic mass is 32.2. The van der Waals surface area contributed by atoms with Crippen molar-refractivity contribution in [2.75, 3.05) is 26.6 Å². The van der Waals surface area contributed by atoms with E-state index in [4.69, 9.17) is 18.6 Å². The number of aromatic nitrogens is 3. The maximum Gasteiger partial charge on any atom is 0.305 e. The van der Waals surface area contributed by atoms with Crippen molar-refractivity contribution in [3.05, 3.63) is 36.1 Å². The number of methoxy groups -OCH3 is 2. The Labute approximate surface area is 192 Å². The zero-order valence-corrected chi connectivity index (χ0v) is 19.7. The molecule has 0 unspecified atom stereocenters. The summed E-state index contributed by atoms with van der Waals surface area (Å²) in [6, 6.07) is 9.39. The second-order valence-electron chi connectivity index (χ2n) is 7.03. The van der Waals surface area contributed by atoms with Gasteiger partial charge < -0.3 is 18.6 Å². The Balaban J connectivity index is 1.83. The maximum atomic E-state index is 11.5. The van der Waals surface area contributed by atoms with E-state index in [0.29, 0.717) is 41.3 Å². The fraction of sp³-hybridized carbons (Fsp3) is 0.435. The molecular weight excluding hydrogens is 430 g/mol. The number of nitrogens with zero attached hydrogens (tertiary/aromatic N) is 3. The highest BCUT2D eigenvalue weighted by molar-refractivity contribution is 7.99. The molecule has 0 radical (unpaired) electrons. The van der Waals surface area contributed by atoms with Crippen LogP contribution in [0.15, 0.2) is 39.9 Å². The Kier molecular flexibility index (Phi) is 8.61. The first-order valence-electron chi connectivity index (χ1n) is 10.6. The molecule has 0 atom stereocenters. The van der Waals surface area contributed by atoms with E-state index in [2.05, 4.69) is 10.2 Å². The van der Waals surface area contributed by atoms with Crippen LogP contribution in [0.2, 0.25) is 0 Å². The predicted molar refractivity (Wildman–Crippen MR) is 123 cm³/mol. The molecule has 0 N–H and O–H groups in total. The first kappa shape index (κ1) is 23.7. The van der Waals surface area contributed by atoms with Crippen LogP contribution in [0.3, 0.4) is 0 Å². The number of thioether (sulfide) groups is 1. The Hall–Kier alpha value is -2.94. The number of furan rings is 1. The minimum Gasteiger partial charge on any atom is -0.494 e. The average Bonchev–Trinajstić information content (AvgIpc) is 3.41. The molecule has 0 aliphatic rings. The number of hydrogen-bond donors (Lipinski definition) is 0. The van der Waals surface area contributed by atoms with Crippen molar-refractivity contribution in [1.29, 1.82) is 0 Å². The van der Waals surface area contributed by atoms with Gasteiger partial charge in [0, 0.05) is 12.2 Å². The van der Waals surface area contributed by atoms with Gasteiger partial charge in [-0.2, -0.15) is 0 Å². The van der Waals surface area contributed by atoms with Crippen molar-refractivity contribution >= 4 is 17.7 Å². The second kappa shape index (κ2) is 11.6. The lowest BCUT2D eigenvalue weighted by molar-refractivity contribution is -0.143. The topological polar surface area (TPSA) is 88.6 Å². The van der Waals surface area contributed by atoms with Gasteiger partial charge >= 0.3 is 5.97 Å². The lowest BCUT2D eigenvalue weighted by Gasteiger charge is -2.16. The molecule has 0 spiro atoms. The normalized spacial score (nSPS) is 10.9. The van der Waals surface area contributed by atoms with Crippen LogP contribution >= 0.6 is 11.8 Å². The van der Waals surface area contributed by atoms with Crippen molar-refractivity contribution < 1.29 is 23.4 Å². The Morgan fingerprint density at radius 3 is 2.44 bits per heavy atom. The lowest BCUT2D eigenvalue weighted by Crippen LogP contribution is -2.05. The summed E-state index contributed by atoms with van der Waals surface area (Å²) in [5.41, 5.74) is 0.719. The monoisotopic (exact) mass is 459 g/mol. The Bertz CT molecular complexity index is 1010. The second-order valence-corrected chi connectivity index (χ2v) is 8.09. The molecule has 2 heterocycles. The molecule has 9 heteroatoms. The number of ether oxygens (including phenoxy) is 3. The third kappa shape index (κ3) is 5.64. The molecule has 0 aliphatic heterocycles. The van der Waals surface area contributed by atoms with E-state index in [1.54, 1.807) is 26.0 Å². The van der Waals surface area contributed by atoms with Crippen LogP contribution in [-0.4, -0.2) is 47.3 Å². The number of carbonyl (C=O) groups is 1. The summed E-state index contributed by atoms with van der Waals surface area (Å²) in [6.45, 7) is 4.13. The molecule has 0 aliphatic carbocycles. The van der Waals surface area contributed by atoms with E-state index >= 15 is 0 Å². The highest BCUT2D eigenvalue weighted by Crippen LogP contribution is 2.38. The van der Waals surface area contributed by atoms with Gasteiger partial charge in [0.05, 0.1) is 20.8 Å². The smallest absolute Gasteiger partial charge is 0.305 e. The summed E-state index contributed by atoms with van der Waals surface area (Å²) in [4.78, 5) is 11.5. The molecule has 8 nitrogen and oxygen atoms in total. The maximum absolute atomic E-state index is 11.5. The number of esters is 1. The molecule has 32 heavy (non-hydrogen) atoms. The number of aryl methyl sites for hydroxylation is 1. The van der Waals surface area contributed by atoms with E-state index in [-0.39, 0.29) is 5.97 Å². The molecular formula is C23H29N3O5S. The molecule has 0 bridgehead atoms. The summed E-state index contributed by atoms with van der Waals surface area (Å²) in [5, 5.41) is 9.55. The number of unbranched alkanes of at least 4 members (excludes halogenated alkanes) is 2. The molecule has 3 aromatic rings. The molecule has 1 aromatic carbocycles. The van der Waals surface area contributed by atoms with Gasteiger partial charge in [0.15, 0.2) is 10.9 Å². The van der Waals surface area contributed by atoms with Gasteiger partial charge in [-0.25, -0.2) is 0 Å². The van der Waals surface area contributed by atoms with Crippen LogP contribution in [0.25, 0.3) is 17.3 Å². The standard InChI is InChI=1S/C23H29N3O5S/c1-5-30-20(27)12-7-6-8-15-32-23-25-24-22(19-14-13-16(2)31-19)26(23)21-17(28-3)10-9-11-18(21)29-4/h9-11,13-14H,5-8,12,15H2,1-4H3. The van der Waals surface area contributed by atoms with E-state index in [1.165, 1.54) is 0 Å². The lowest BCUT2D eigenvalue weighted by atomic mass is 10.2. The Morgan fingerprint density at radius 2 is 1.81 bits per heavy atom. The van der Waals surface area contributed by atoms with Crippen LogP contribution in [0, 0.1) is 6.92 Å². The highest BCUT2D eigenvalue weighted by Gasteiger charge is 2.24. The summed E-state index contributed by atoms with van der Waals surface area (Å²) in [6.07, 6.45) is 3.13. The van der Waals surface area contributed by atoms with E-state index in [0.717, 1.165) is 36.5 Å². The van der Waals surface area contributed by atoms with Crippen molar-refractivity contribution in [3.63, 3.8) is 0 Å². The minimum atomic E-state index is -0.137.